The second kappa shape index (κ2) is 9.44. The molecule has 4 rings (SSSR count). The minimum atomic E-state index is -0.358. The van der Waals surface area contributed by atoms with Crippen molar-refractivity contribution in [1.82, 2.24) is 20.3 Å². The number of hydrogen-bond acceptors (Lipinski definition) is 6. The molecule has 0 unspecified atom stereocenters. The largest absolute Gasteiger partial charge is 0.489 e. The van der Waals surface area contributed by atoms with E-state index < -0.39 is 0 Å². The number of amides is 2. The van der Waals surface area contributed by atoms with Crippen LogP contribution in [0.2, 0.25) is 0 Å². The summed E-state index contributed by atoms with van der Waals surface area (Å²) in [5.41, 5.74) is 4.11. The lowest BCUT2D eigenvalue weighted by molar-refractivity contribution is -0.111. The van der Waals surface area contributed by atoms with E-state index >= 15 is 0 Å². The van der Waals surface area contributed by atoms with Crippen LogP contribution in [0, 0.1) is 0 Å². The van der Waals surface area contributed by atoms with Crippen molar-refractivity contribution in [3.63, 3.8) is 0 Å². The minimum Gasteiger partial charge on any atom is -0.489 e. The van der Waals surface area contributed by atoms with Gasteiger partial charge in [0.15, 0.2) is 5.82 Å². The number of methoxy groups -OCH3 is 1. The number of benzene rings is 1. The Kier molecular flexibility index (Phi) is 6.27. The number of carbonyl (C=O) groups excluding carboxylic acids is 2. The SMILES string of the molecule is C=CC(=O)Nc1cc(-c2nccc(-c3cc4c([nH]3)CCNC4=O)n2)ccc1OCCOC. The first-order valence-corrected chi connectivity index (χ1v) is 10.1. The van der Waals surface area contributed by atoms with Crippen molar-refractivity contribution in [1.29, 1.82) is 0 Å². The molecule has 0 atom stereocenters. The first-order valence-electron chi connectivity index (χ1n) is 10.1. The van der Waals surface area contributed by atoms with Crippen LogP contribution in [-0.4, -0.2) is 53.6 Å². The summed E-state index contributed by atoms with van der Waals surface area (Å²) in [7, 11) is 1.59. The molecule has 0 radical (unpaired) electrons. The number of nitrogens with one attached hydrogen (secondary N) is 3. The van der Waals surface area contributed by atoms with Gasteiger partial charge in [-0.1, -0.05) is 6.58 Å². The number of aromatic amines is 1. The summed E-state index contributed by atoms with van der Waals surface area (Å²) >= 11 is 0. The molecule has 3 aromatic rings. The number of anilines is 1. The highest BCUT2D eigenvalue weighted by molar-refractivity contribution is 6.00. The lowest BCUT2D eigenvalue weighted by atomic mass is 10.1. The van der Waals surface area contributed by atoms with Crippen LogP contribution in [-0.2, 0) is 16.0 Å². The molecule has 0 saturated carbocycles. The Labute approximate surface area is 184 Å². The van der Waals surface area contributed by atoms with Crippen molar-refractivity contribution >= 4 is 17.5 Å². The summed E-state index contributed by atoms with van der Waals surface area (Å²) in [6.45, 7) is 4.85. The molecule has 0 bridgehead atoms. The molecule has 164 valence electrons. The van der Waals surface area contributed by atoms with Crippen molar-refractivity contribution in [2.75, 3.05) is 32.2 Å². The quantitative estimate of drug-likeness (QED) is 0.371. The van der Waals surface area contributed by atoms with Gasteiger partial charge in [0.2, 0.25) is 5.91 Å². The molecular weight excluding hydrogens is 410 g/mol. The van der Waals surface area contributed by atoms with Crippen LogP contribution in [0.5, 0.6) is 5.75 Å². The Balaban J connectivity index is 1.66. The van der Waals surface area contributed by atoms with Gasteiger partial charge >= 0.3 is 0 Å². The van der Waals surface area contributed by atoms with Crippen molar-refractivity contribution in [2.45, 2.75) is 6.42 Å². The fraction of sp³-hybridized carbons (Fsp3) is 0.217. The number of hydrogen-bond donors (Lipinski definition) is 3. The number of nitrogens with zero attached hydrogens (tertiary/aromatic N) is 2. The number of rotatable bonds is 8. The summed E-state index contributed by atoms with van der Waals surface area (Å²) in [5, 5.41) is 5.59. The number of fused-ring (bicyclic) bond motifs is 1. The van der Waals surface area contributed by atoms with Crippen molar-refractivity contribution in [3.05, 3.63) is 60.4 Å². The van der Waals surface area contributed by atoms with E-state index in [1.54, 1.807) is 37.6 Å². The third-order valence-corrected chi connectivity index (χ3v) is 4.96. The highest BCUT2D eigenvalue weighted by Crippen LogP contribution is 2.31. The maximum Gasteiger partial charge on any atom is 0.253 e. The van der Waals surface area contributed by atoms with Gasteiger partial charge in [-0.3, -0.25) is 9.59 Å². The van der Waals surface area contributed by atoms with E-state index in [2.05, 4.69) is 32.2 Å². The van der Waals surface area contributed by atoms with Gasteiger partial charge in [-0.05, 0) is 36.4 Å². The van der Waals surface area contributed by atoms with Crippen LogP contribution in [0.1, 0.15) is 16.1 Å². The smallest absolute Gasteiger partial charge is 0.253 e. The fourth-order valence-corrected chi connectivity index (χ4v) is 3.39. The lowest BCUT2D eigenvalue weighted by Crippen LogP contribution is -2.31. The summed E-state index contributed by atoms with van der Waals surface area (Å²) in [5.74, 6) is 0.524. The normalized spacial score (nSPS) is 12.6. The predicted octanol–water partition coefficient (Wildman–Crippen LogP) is 2.57. The number of ether oxygens (including phenoxy) is 2. The molecule has 2 amide bonds. The molecule has 32 heavy (non-hydrogen) atoms. The fourth-order valence-electron chi connectivity index (χ4n) is 3.39. The first kappa shape index (κ1) is 21.3. The highest BCUT2D eigenvalue weighted by atomic mass is 16.5. The average molecular weight is 433 g/mol. The van der Waals surface area contributed by atoms with Gasteiger partial charge in [0, 0.05) is 37.5 Å². The zero-order valence-corrected chi connectivity index (χ0v) is 17.6. The molecule has 0 saturated heterocycles. The second-order valence-corrected chi connectivity index (χ2v) is 7.09. The van der Waals surface area contributed by atoms with Gasteiger partial charge in [0.25, 0.3) is 5.91 Å². The Bertz CT molecular complexity index is 1170. The summed E-state index contributed by atoms with van der Waals surface area (Å²) in [6.07, 6.45) is 3.59. The van der Waals surface area contributed by atoms with Crippen LogP contribution in [0.4, 0.5) is 5.69 Å². The molecule has 0 fully saturated rings. The monoisotopic (exact) mass is 433 g/mol. The Morgan fingerprint density at radius 3 is 2.94 bits per heavy atom. The molecular formula is C23H23N5O4. The first-order chi connectivity index (χ1) is 15.6. The minimum absolute atomic E-state index is 0.0882. The van der Waals surface area contributed by atoms with Crippen LogP contribution in [0.15, 0.2) is 49.2 Å². The average Bonchev–Trinajstić information content (AvgIpc) is 3.26. The topological polar surface area (TPSA) is 118 Å². The third-order valence-electron chi connectivity index (χ3n) is 4.96. The van der Waals surface area contributed by atoms with E-state index in [0.29, 0.717) is 53.8 Å². The van der Waals surface area contributed by atoms with Gasteiger partial charge in [-0.25, -0.2) is 9.97 Å². The van der Waals surface area contributed by atoms with Crippen LogP contribution in [0.3, 0.4) is 0 Å². The summed E-state index contributed by atoms with van der Waals surface area (Å²) < 4.78 is 10.7. The Morgan fingerprint density at radius 2 is 2.16 bits per heavy atom. The molecule has 3 N–H and O–H groups in total. The van der Waals surface area contributed by atoms with Gasteiger partial charge < -0.3 is 25.1 Å². The van der Waals surface area contributed by atoms with Gasteiger partial charge in [-0.2, -0.15) is 0 Å². The summed E-state index contributed by atoms with van der Waals surface area (Å²) in [4.78, 5) is 36.3. The zero-order valence-electron chi connectivity index (χ0n) is 17.6. The van der Waals surface area contributed by atoms with E-state index in [-0.39, 0.29) is 11.8 Å². The Morgan fingerprint density at radius 1 is 1.28 bits per heavy atom. The highest BCUT2D eigenvalue weighted by Gasteiger charge is 2.20. The molecule has 9 nitrogen and oxygen atoms in total. The van der Waals surface area contributed by atoms with Gasteiger partial charge in [0.05, 0.1) is 29.2 Å². The molecule has 1 aromatic carbocycles. The van der Waals surface area contributed by atoms with E-state index in [1.807, 2.05) is 6.07 Å². The molecule has 1 aliphatic rings. The third kappa shape index (κ3) is 4.52. The van der Waals surface area contributed by atoms with E-state index in [4.69, 9.17) is 9.47 Å². The number of aromatic nitrogens is 3. The van der Waals surface area contributed by atoms with E-state index in [0.717, 1.165) is 17.8 Å². The molecule has 0 spiro atoms. The van der Waals surface area contributed by atoms with Gasteiger partial charge in [-0.15, -0.1) is 0 Å². The number of carbonyl (C=O) groups is 2. The zero-order chi connectivity index (χ0) is 22.5. The van der Waals surface area contributed by atoms with Crippen molar-refractivity contribution in [3.8, 4) is 28.5 Å². The standard InChI is InChI=1S/C23H23N5O4/c1-3-21(29)27-19-12-14(4-5-20(19)32-11-10-31-2)22-24-8-7-17(28-22)18-13-15-16(26-18)6-9-25-23(15)30/h3-5,7-8,12-13,26H,1,6,9-11H2,2H3,(H,25,30)(H,27,29). The number of H-pyrrole nitrogens is 1. The Hall–Kier alpha value is -3.98. The van der Waals surface area contributed by atoms with Crippen LogP contribution in [0.25, 0.3) is 22.8 Å². The second-order valence-electron chi connectivity index (χ2n) is 7.09. The molecule has 2 aromatic heterocycles. The van der Waals surface area contributed by atoms with Gasteiger partial charge in [0.1, 0.15) is 12.4 Å². The van der Waals surface area contributed by atoms with Crippen LogP contribution < -0.4 is 15.4 Å². The maximum atomic E-state index is 12.1. The molecule has 3 heterocycles. The molecule has 0 aliphatic carbocycles. The van der Waals surface area contributed by atoms with Crippen LogP contribution >= 0.6 is 0 Å². The van der Waals surface area contributed by atoms with Crippen molar-refractivity contribution in [2.24, 2.45) is 0 Å². The summed E-state index contributed by atoms with van der Waals surface area (Å²) in [6, 6.07) is 8.89. The molecule has 9 heteroatoms. The lowest BCUT2D eigenvalue weighted by Gasteiger charge is -2.13. The predicted molar refractivity (Wildman–Crippen MR) is 119 cm³/mol. The molecule has 1 aliphatic heterocycles. The van der Waals surface area contributed by atoms with E-state index in [1.165, 1.54) is 6.08 Å². The van der Waals surface area contributed by atoms with E-state index in [9.17, 15) is 9.59 Å². The maximum absolute atomic E-state index is 12.1. The van der Waals surface area contributed by atoms with Crippen molar-refractivity contribution < 1.29 is 19.1 Å².